The minimum Gasteiger partial charge on any atom is -0.491 e. The van der Waals surface area contributed by atoms with E-state index in [1.54, 1.807) is 12.1 Å². The van der Waals surface area contributed by atoms with E-state index in [1.807, 2.05) is 38.1 Å². The molecule has 2 aromatic carbocycles. The zero-order valence-electron chi connectivity index (χ0n) is 15.1. The number of aromatic nitrogens is 1. The maximum Gasteiger partial charge on any atom is 0.257 e. The summed E-state index contributed by atoms with van der Waals surface area (Å²) in [6.07, 6.45) is 1.61. The average molecular weight is 365 g/mol. The summed E-state index contributed by atoms with van der Waals surface area (Å²) in [6.45, 7) is 3.95. The number of anilines is 3. The van der Waals surface area contributed by atoms with Crippen LogP contribution in [0.25, 0.3) is 0 Å². The second-order valence-electron chi connectivity index (χ2n) is 6.21. The lowest BCUT2D eigenvalue weighted by Crippen LogP contribution is -2.12. The van der Waals surface area contributed by atoms with Gasteiger partial charge in [0.1, 0.15) is 17.4 Å². The molecule has 0 saturated heterocycles. The normalized spacial score (nSPS) is 10.5. The third-order valence-electron chi connectivity index (χ3n) is 3.63. The molecule has 0 radical (unpaired) electrons. The third kappa shape index (κ3) is 5.28. The summed E-state index contributed by atoms with van der Waals surface area (Å²) < 4.78 is 18.5. The summed E-state index contributed by atoms with van der Waals surface area (Å²) in [5.74, 6) is 0.756. The first kappa shape index (κ1) is 18.4. The molecule has 0 aliphatic rings. The van der Waals surface area contributed by atoms with Crippen LogP contribution in [0.3, 0.4) is 0 Å². The first-order valence-corrected chi connectivity index (χ1v) is 8.56. The molecule has 27 heavy (non-hydrogen) atoms. The Bertz CT molecular complexity index is 892. The van der Waals surface area contributed by atoms with Gasteiger partial charge in [-0.15, -0.1) is 0 Å². The van der Waals surface area contributed by atoms with Crippen LogP contribution in [0.15, 0.2) is 66.9 Å². The van der Waals surface area contributed by atoms with E-state index in [-0.39, 0.29) is 17.8 Å². The molecular formula is C21H20FN3O2. The number of carbonyl (C=O) groups is 1. The standard InChI is InChI=1S/C21H20FN3O2/c1-14(2)27-19-10-8-17(9-11-19)24-20-12-3-15(13-23-20)21(26)25-18-6-4-16(22)5-7-18/h3-14H,1-2H3,(H,23,24)(H,25,26). The van der Waals surface area contributed by atoms with Gasteiger partial charge in [-0.3, -0.25) is 4.79 Å². The maximum atomic E-state index is 12.9. The van der Waals surface area contributed by atoms with Gasteiger partial charge in [-0.1, -0.05) is 0 Å². The molecule has 5 nitrogen and oxygen atoms in total. The van der Waals surface area contributed by atoms with Crippen molar-refractivity contribution in [1.29, 1.82) is 0 Å². The number of hydrogen-bond acceptors (Lipinski definition) is 4. The Morgan fingerprint density at radius 1 is 0.963 bits per heavy atom. The number of halogens is 1. The molecule has 1 amide bonds. The van der Waals surface area contributed by atoms with Gasteiger partial charge in [-0.05, 0) is 74.5 Å². The number of nitrogens with one attached hydrogen (secondary N) is 2. The highest BCUT2D eigenvalue weighted by atomic mass is 19.1. The highest BCUT2D eigenvalue weighted by Crippen LogP contribution is 2.20. The topological polar surface area (TPSA) is 63.2 Å². The van der Waals surface area contributed by atoms with Crippen LogP contribution in [0.2, 0.25) is 0 Å². The number of benzene rings is 2. The lowest BCUT2D eigenvalue weighted by Gasteiger charge is -2.11. The Balaban J connectivity index is 1.61. The van der Waals surface area contributed by atoms with Crippen LogP contribution in [0.1, 0.15) is 24.2 Å². The van der Waals surface area contributed by atoms with Crippen LogP contribution in [-0.4, -0.2) is 17.0 Å². The minimum atomic E-state index is -0.353. The summed E-state index contributed by atoms with van der Waals surface area (Å²) in [5.41, 5.74) is 1.79. The van der Waals surface area contributed by atoms with Crippen molar-refractivity contribution in [3.05, 3.63) is 78.2 Å². The molecule has 6 heteroatoms. The Kier molecular flexibility index (Phi) is 5.66. The van der Waals surface area contributed by atoms with Crippen LogP contribution < -0.4 is 15.4 Å². The van der Waals surface area contributed by atoms with Crippen molar-refractivity contribution in [2.75, 3.05) is 10.6 Å². The van der Waals surface area contributed by atoms with Crippen LogP contribution in [0.5, 0.6) is 5.75 Å². The number of amides is 1. The monoisotopic (exact) mass is 365 g/mol. The number of nitrogens with zero attached hydrogens (tertiary/aromatic N) is 1. The Morgan fingerprint density at radius 3 is 2.22 bits per heavy atom. The highest BCUT2D eigenvalue weighted by Gasteiger charge is 2.07. The molecule has 138 valence electrons. The average Bonchev–Trinajstić information content (AvgIpc) is 2.65. The van der Waals surface area contributed by atoms with E-state index in [1.165, 1.54) is 30.5 Å². The summed E-state index contributed by atoms with van der Waals surface area (Å²) in [7, 11) is 0. The quantitative estimate of drug-likeness (QED) is 0.645. The van der Waals surface area contributed by atoms with Gasteiger partial charge in [0.25, 0.3) is 5.91 Å². The fourth-order valence-electron chi connectivity index (χ4n) is 2.38. The second-order valence-corrected chi connectivity index (χ2v) is 6.21. The van der Waals surface area contributed by atoms with Gasteiger partial charge in [-0.2, -0.15) is 0 Å². The van der Waals surface area contributed by atoms with Crippen LogP contribution in [-0.2, 0) is 0 Å². The lowest BCUT2D eigenvalue weighted by molar-refractivity contribution is 0.102. The zero-order chi connectivity index (χ0) is 19.2. The smallest absolute Gasteiger partial charge is 0.257 e. The van der Waals surface area contributed by atoms with E-state index in [0.29, 0.717) is 17.1 Å². The van der Waals surface area contributed by atoms with E-state index in [2.05, 4.69) is 15.6 Å². The number of hydrogen-bond donors (Lipinski definition) is 2. The number of pyridine rings is 1. The van der Waals surface area contributed by atoms with Crippen molar-refractivity contribution in [2.24, 2.45) is 0 Å². The van der Waals surface area contributed by atoms with E-state index in [0.717, 1.165) is 11.4 Å². The molecule has 0 spiro atoms. The molecule has 0 unspecified atom stereocenters. The number of rotatable bonds is 6. The van der Waals surface area contributed by atoms with E-state index in [9.17, 15) is 9.18 Å². The molecule has 0 bridgehead atoms. The minimum absolute atomic E-state index is 0.124. The molecule has 0 aliphatic carbocycles. The third-order valence-corrected chi connectivity index (χ3v) is 3.63. The Labute approximate surface area is 157 Å². The fraction of sp³-hybridized carbons (Fsp3) is 0.143. The number of ether oxygens (including phenoxy) is 1. The molecule has 0 atom stereocenters. The summed E-state index contributed by atoms with van der Waals surface area (Å²) >= 11 is 0. The first-order chi connectivity index (χ1) is 13.0. The molecule has 0 fully saturated rings. The largest absolute Gasteiger partial charge is 0.491 e. The van der Waals surface area contributed by atoms with Crippen LogP contribution in [0.4, 0.5) is 21.6 Å². The van der Waals surface area contributed by atoms with Crippen LogP contribution >= 0.6 is 0 Å². The maximum absolute atomic E-state index is 12.9. The summed E-state index contributed by atoms with van der Waals surface area (Å²) in [4.78, 5) is 16.5. The highest BCUT2D eigenvalue weighted by molar-refractivity contribution is 6.04. The van der Waals surface area contributed by atoms with Gasteiger partial charge in [0, 0.05) is 17.6 Å². The van der Waals surface area contributed by atoms with Crippen LogP contribution in [0, 0.1) is 5.82 Å². The molecule has 3 aromatic rings. The van der Waals surface area contributed by atoms with Gasteiger partial charge in [0.05, 0.1) is 11.7 Å². The van der Waals surface area contributed by atoms with Crippen molar-refractivity contribution in [1.82, 2.24) is 4.98 Å². The summed E-state index contributed by atoms with van der Waals surface area (Å²) in [5, 5.41) is 5.86. The SMILES string of the molecule is CC(C)Oc1ccc(Nc2ccc(C(=O)Nc3ccc(F)cc3)cn2)cc1. The van der Waals surface area contributed by atoms with Crippen molar-refractivity contribution < 1.29 is 13.9 Å². The molecule has 0 saturated carbocycles. The van der Waals surface area contributed by atoms with E-state index < -0.39 is 0 Å². The number of carbonyl (C=O) groups excluding carboxylic acids is 1. The first-order valence-electron chi connectivity index (χ1n) is 8.56. The van der Waals surface area contributed by atoms with Gasteiger partial charge in [0.2, 0.25) is 0 Å². The predicted molar refractivity (Wildman–Crippen MR) is 104 cm³/mol. The molecule has 0 aliphatic heterocycles. The van der Waals surface area contributed by atoms with E-state index in [4.69, 9.17) is 4.74 Å². The summed E-state index contributed by atoms with van der Waals surface area (Å²) in [6, 6.07) is 16.5. The second kappa shape index (κ2) is 8.31. The van der Waals surface area contributed by atoms with Gasteiger partial charge in [-0.25, -0.2) is 9.37 Å². The van der Waals surface area contributed by atoms with E-state index >= 15 is 0 Å². The Morgan fingerprint density at radius 2 is 1.63 bits per heavy atom. The molecular weight excluding hydrogens is 345 g/mol. The zero-order valence-corrected chi connectivity index (χ0v) is 15.1. The van der Waals surface area contributed by atoms with Gasteiger partial charge in [0.15, 0.2) is 0 Å². The van der Waals surface area contributed by atoms with Crippen molar-refractivity contribution in [3.63, 3.8) is 0 Å². The lowest BCUT2D eigenvalue weighted by atomic mass is 10.2. The predicted octanol–water partition coefficient (Wildman–Crippen LogP) is 5.00. The Hall–Kier alpha value is -3.41. The molecule has 1 heterocycles. The molecule has 1 aromatic heterocycles. The van der Waals surface area contributed by atoms with Crippen molar-refractivity contribution >= 4 is 23.1 Å². The molecule has 2 N–H and O–H groups in total. The molecule has 3 rings (SSSR count). The van der Waals surface area contributed by atoms with Gasteiger partial charge >= 0.3 is 0 Å². The van der Waals surface area contributed by atoms with Gasteiger partial charge < -0.3 is 15.4 Å². The van der Waals surface area contributed by atoms with Crippen molar-refractivity contribution in [2.45, 2.75) is 20.0 Å². The fourth-order valence-corrected chi connectivity index (χ4v) is 2.38. The van der Waals surface area contributed by atoms with Crippen molar-refractivity contribution in [3.8, 4) is 5.75 Å².